The summed E-state index contributed by atoms with van der Waals surface area (Å²) in [5, 5.41) is 0. The summed E-state index contributed by atoms with van der Waals surface area (Å²) in [7, 11) is 0. The van der Waals surface area contributed by atoms with Crippen LogP contribution < -0.4 is 0 Å². The molecule has 0 N–H and O–H groups in total. The molecule has 0 bridgehead atoms. The molecule has 2 heteroatoms. The van der Waals surface area contributed by atoms with Gasteiger partial charge < -0.3 is 4.90 Å². The number of carbonyl (C=O) groups is 1. The summed E-state index contributed by atoms with van der Waals surface area (Å²) in [6.07, 6.45) is 4.69. The molecule has 0 aromatic heterocycles. The van der Waals surface area contributed by atoms with Crippen molar-refractivity contribution in [2.75, 3.05) is 13.1 Å². The van der Waals surface area contributed by atoms with E-state index in [0.717, 1.165) is 5.56 Å². The normalized spacial score (nSPS) is 17.5. The van der Waals surface area contributed by atoms with Crippen molar-refractivity contribution in [3.05, 3.63) is 77.4 Å². The fourth-order valence-corrected chi connectivity index (χ4v) is 3.10. The highest BCUT2D eigenvalue weighted by Crippen LogP contribution is 2.40. The van der Waals surface area contributed by atoms with E-state index in [1.54, 1.807) is 0 Å². The standard InChI is InChI=1S/C20H19NO/c22-20(18-8-4-7-17(13-18)16-9-10-16)21-12-11-19(14-21)15-5-2-1-3-6-15/h1-8,11,13,16H,9-10,12,14H2. The number of carbonyl (C=O) groups excluding carboxylic acids is 1. The summed E-state index contributed by atoms with van der Waals surface area (Å²) in [6.45, 7) is 1.41. The van der Waals surface area contributed by atoms with Gasteiger partial charge in [-0.3, -0.25) is 4.79 Å². The van der Waals surface area contributed by atoms with Crippen LogP contribution >= 0.6 is 0 Å². The van der Waals surface area contributed by atoms with Gasteiger partial charge in [-0.1, -0.05) is 48.5 Å². The van der Waals surface area contributed by atoms with E-state index in [2.05, 4.69) is 30.3 Å². The predicted molar refractivity (Wildman–Crippen MR) is 88.7 cm³/mol. The van der Waals surface area contributed by atoms with E-state index in [4.69, 9.17) is 0 Å². The van der Waals surface area contributed by atoms with Gasteiger partial charge in [-0.2, -0.15) is 0 Å². The van der Waals surface area contributed by atoms with Gasteiger partial charge in [-0.05, 0) is 47.6 Å². The van der Waals surface area contributed by atoms with E-state index in [1.807, 2.05) is 35.2 Å². The predicted octanol–water partition coefficient (Wildman–Crippen LogP) is 4.10. The first-order valence-corrected chi connectivity index (χ1v) is 7.95. The van der Waals surface area contributed by atoms with Crippen molar-refractivity contribution in [2.24, 2.45) is 0 Å². The van der Waals surface area contributed by atoms with Crippen LogP contribution in [-0.2, 0) is 0 Å². The zero-order valence-electron chi connectivity index (χ0n) is 12.5. The molecule has 0 saturated heterocycles. The molecule has 1 aliphatic heterocycles. The smallest absolute Gasteiger partial charge is 0.254 e. The molecule has 110 valence electrons. The average molecular weight is 289 g/mol. The molecular formula is C20H19NO. The van der Waals surface area contributed by atoms with Crippen LogP contribution in [0.25, 0.3) is 5.57 Å². The van der Waals surface area contributed by atoms with Crippen molar-refractivity contribution in [3.63, 3.8) is 0 Å². The molecule has 2 aromatic carbocycles. The maximum absolute atomic E-state index is 12.7. The molecule has 1 saturated carbocycles. The molecule has 0 atom stereocenters. The van der Waals surface area contributed by atoms with Crippen molar-refractivity contribution in [1.82, 2.24) is 4.90 Å². The SMILES string of the molecule is O=C(c1cccc(C2CC2)c1)N1CC=C(c2ccccc2)C1. The minimum atomic E-state index is 0.143. The molecule has 2 aromatic rings. The van der Waals surface area contributed by atoms with Crippen LogP contribution in [0, 0.1) is 0 Å². The van der Waals surface area contributed by atoms with Crippen LogP contribution in [0.4, 0.5) is 0 Å². The molecule has 1 aliphatic carbocycles. The lowest BCUT2D eigenvalue weighted by Crippen LogP contribution is -2.28. The second-order valence-electron chi connectivity index (χ2n) is 6.18. The summed E-state index contributed by atoms with van der Waals surface area (Å²) >= 11 is 0. The lowest BCUT2D eigenvalue weighted by Gasteiger charge is -2.17. The molecular weight excluding hydrogens is 270 g/mol. The molecule has 0 spiro atoms. The highest BCUT2D eigenvalue weighted by molar-refractivity contribution is 5.96. The molecule has 0 unspecified atom stereocenters. The van der Waals surface area contributed by atoms with Gasteiger partial charge in [0.25, 0.3) is 5.91 Å². The molecule has 1 fully saturated rings. The van der Waals surface area contributed by atoms with Crippen molar-refractivity contribution in [3.8, 4) is 0 Å². The van der Waals surface area contributed by atoms with Crippen LogP contribution in [0.5, 0.6) is 0 Å². The second kappa shape index (κ2) is 5.45. The Labute approximate surface area is 131 Å². The minimum absolute atomic E-state index is 0.143. The van der Waals surface area contributed by atoms with Crippen molar-refractivity contribution < 1.29 is 4.79 Å². The van der Waals surface area contributed by atoms with Gasteiger partial charge in [-0.25, -0.2) is 0 Å². The second-order valence-corrected chi connectivity index (χ2v) is 6.18. The zero-order valence-corrected chi connectivity index (χ0v) is 12.5. The van der Waals surface area contributed by atoms with Gasteiger partial charge in [0.1, 0.15) is 0 Å². The first-order chi connectivity index (χ1) is 10.8. The molecule has 0 radical (unpaired) electrons. The van der Waals surface area contributed by atoms with E-state index in [-0.39, 0.29) is 5.91 Å². The molecule has 2 aliphatic rings. The Morgan fingerprint density at radius 1 is 1.00 bits per heavy atom. The molecule has 22 heavy (non-hydrogen) atoms. The van der Waals surface area contributed by atoms with Crippen LogP contribution in [0.1, 0.15) is 40.2 Å². The first-order valence-electron chi connectivity index (χ1n) is 7.95. The maximum Gasteiger partial charge on any atom is 0.254 e. The summed E-state index contributed by atoms with van der Waals surface area (Å²) < 4.78 is 0. The number of amides is 1. The van der Waals surface area contributed by atoms with E-state index in [0.29, 0.717) is 19.0 Å². The van der Waals surface area contributed by atoms with Crippen LogP contribution in [-0.4, -0.2) is 23.9 Å². The summed E-state index contributed by atoms with van der Waals surface area (Å²) in [5.74, 6) is 0.828. The molecule has 1 amide bonds. The first kappa shape index (κ1) is 13.3. The highest BCUT2D eigenvalue weighted by Gasteiger charge is 2.26. The van der Waals surface area contributed by atoms with Gasteiger partial charge in [-0.15, -0.1) is 0 Å². The van der Waals surface area contributed by atoms with Gasteiger partial charge in [0, 0.05) is 18.7 Å². The lowest BCUT2D eigenvalue weighted by atomic mass is 10.1. The van der Waals surface area contributed by atoms with Gasteiger partial charge in [0.05, 0.1) is 0 Å². The fourth-order valence-electron chi connectivity index (χ4n) is 3.10. The Balaban J connectivity index is 1.49. The summed E-state index contributed by atoms with van der Waals surface area (Å²) in [6, 6.07) is 18.5. The van der Waals surface area contributed by atoms with E-state index in [1.165, 1.54) is 29.5 Å². The van der Waals surface area contributed by atoms with Gasteiger partial charge >= 0.3 is 0 Å². The number of rotatable bonds is 3. The molecule has 2 nitrogen and oxygen atoms in total. The van der Waals surface area contributed by atoms with Crippen LogP contribution in [0.15, 0.2) is 60.7 Å². The molecule has 1 heterocycles. The Hall–Kier alpha value is -2.35. The van der Waals surface area contributed by atoms with Gasteiger partial charge in [0.2, 0.25) is 0 Å². The number of benzene rings is 2. The topological polar surface area (TPSA) is 20.3 Å². The Bertz CT molecular complexity index is 728. The van der Waals surface area contributed by atoms with Crippen molar-refractivity contribution in [1.29, 1.82) is 0 Å². The van der Waals surface area contributed by atoms with Crippen molar-refractivity contribution >= 4 is 11.5 Å². The van der Waals surface area contributed by atoms with Crippen LogP contribution in [0.2, 0.25) is 0 Å². The third kappa shape index (κ3) is 2.57. The third-order valence-electron chi connectivity index (χ3n) is 4.53. The van der Waals surface area contributed by atoms with E-state index in [9.17, 15) is 4.79 Å². The lowest BCUT2D eigenvalue weighted by molar-refractivity contribution is 0.0801. The highest BCUT2D eigenvalue weighted by atomic mass is 16.2. The fraction of sp³-hybridized carbons (Fsp3) is 0.250. The third-order valence-corrected chi connectivity index (χ3v) is 4.53. The van der Waals surface area contributed by atoms with Gasteiger partial charge in [0.15, 0.2) is 0 Å². The van der Waals surface area contributed by atoms with Crippen molar-refractivity contribution in [2.45, 2.75) is 18.8 Å². The summed E-state index contributed by atoms with van der Waals surface area (Å²) in [5.41, 5.74) is 4.60. The Morgan fingerprint density at radius 2 is 1.82 bits per heavy atom. The number of nitrogens with zero attached hydrogens (tertiary/aromatic N) is 1. The Kier molecular flexibility index (Phi) is 3.30. The van der Waals surface area contributed by atoms with Crippen LogP contribution in [0.3, 0.4) is 0 Å². The number of hydrogen-bond acceptors (Lipinski definition) is 1. The molecule has 4 rings (SSSR count). The largest absolute Gasteiger partial charge is 0.331 e. The minimum Gasteiger partial charge on any atom is -0.331 e. The number of hydrogen-bond donors (Lipinski definition) is 0. The summed E-state index contributed by atoms with van der Waals surface area (Å²) in [4.78, 5) is 14.6. The van der Waals surface area contributed by atoms with E-state index < -0.39 is 0 Å². The van der Waals surface area contributed by atoms with E-state index >= 15 is 0 Å². The zero-order chi connectivity index (χ0) is 14.9. The average Bonchev–Trinajstić information content (AvgIpc) is 3.32. The maximum atomic E-state index is 12.7. The monoisotopic (exact) mass is 289 g/mol. The quantitative estimate of drug-likeness (QED) is 0.833. The Morgan fingerprint density at radius 3 is 2.59 bits per heavy atom.